The van der Waals surface area contributed by atoms with E-state index < -0.39 is 0 Å². The molecule has 0 spiro atoms. The van der Waals surface area contributed by atoms with E-state index in [9.17, 15) is 4.79 Å². The molecule has 3 heteroatoms. The smallest absolute Gasteiger partial charge is 0.414 e. The third kappa shape index (κ3) is 2.15. The van der Waals surface area contributed by atoms with E-state index in [0.717, 1.165) is 6.42 Å². The van der Waals surface area contributed by atoms with E-state index in [4.69, 9.17) is 4.74 Å². The summed E-state index contributed by atoms with van der Waals surface area (Å²) in [6, 6.07) is 10.1. The van der Waals surface area contributed by atoms with Crippen molar-refractivity contribution in [1.29, 1.82) is 0 Å². The summed E-state index contributed by atoms with van der Waals surface area (Å²) in [5, 5.41) is 0. The molecule has 0 unspecified atom stereocenters. The van der Waals surface area contributed by atoms with Crippen molar-refractivity contribution in [3.8, 4) is 0 Å². The molecule has 16 heavy (non-hydrogen) atoms. The summed E-state index contributed by atoms with van der Waals surface area (Å²) >= 11 is 0. The molecular formula is C13H13NO2. The monoisotopic (exact) mass is 215 g/mol. The second kappa shape index (κ2) is 4.69. The number of hydrogen-bond acceptors (Lipinski definition) is 2. The molecule has 1 heterocycles. The van der Waals surface area contributed by atoms with Crippen molar-refractivity contribution in [3.05, 3.63) is 54.4 Å². The first-order chi connectivity index (χ1) is 7.81. The van der Waals surface area contributed by atoms with Crippen molar-refractivity contribution in [1.82, 2.24) is 4.90 Å². The molecule has 0 aromatic heterocycles. The second-order valence-electron chi connectivity index (χ2n) is 3.66. The maximum Gasteiger partial charge on any atom is 0.414 e. The number of rotatable bonds is 3. The Kier molecular flexibility index (Phi) is 3.08. The fraction of sp³-hybridized carbons (Fsp3) is 0.231. The van der Waals surface area contributed by atoms with Crippen LogP contribution in [-0.2, 0) is 11.2 Å². The van der Waals surface area contributed by atoms with Gasteiger partial charge in [0, 0.05) is 0 Å². The molecule has 1 fully saturated rings. The van der Waals surface area contributed by atoms with Gasteiger partial charge in [-0.05, 0) is 12.0 Å². The minimum atomic E-state index is -0.322. The molecule has 1 saturated heterocycles. The average Bonchev–Trinajstić information content (AvgIpc) is 2.64. The van der Waals surface area contributed by atoms with Gasteiger partial charge in [-0.25, -0.2) is 4.79 Å². The van der Waals surface area contributed by atoms with E-state index >= 15 is 0 Å². The highest BCUT2D eigenvalue weighted by Gasteiger charge is 2.31. The van der Waals surface area contributed by atoms with Gasteiger partial charge < -0.3 is 4.74 Å². The fourth-order valence-electron chi connectivity index (χ4n) is 1.77. The lowest BCUT2D eigenvalue weighted by molar-refractivity contribution is 0.166. The van der Waals surface area contributed by atoms with Crippen LogP contribution in [0.2, 0.25) is 0 Å². The number of ether oxygens (including phenoxy) is 1. The Morgan fingerprint density at radius 3 is 2.94 bits per heavy atom. The van der Waals surface area contributed by atoms with Crippen LogP contribution in [0.5, 0.6) is 0 Å². The molecule has 0 aliphatic carbocycles. The van der Waals surface area contributed by atoms with Crippen LogP contribution in [0, 0.1) is 0 Å². The van der Waals surface area contributed by atoms with Gasteiger partial charge in [-0.1, -0.05) is 36.9 Å². The third-order valence-electron chi connectivity index (χ3n) is 2.55. The SMILES string of the molecule is C=C=CN1C(=O)OC[C@H]1Cc1ccccc1. The van der Waals surface area contributed by atoms with Crippen molar-refractivity contribution in [2.45, 2.75) is 12.5 Å². The number of carbonyl (C=O) groups is 1. The normalized spacial score (nSPS) is 19.1. The number of nitrogens with zero attached hydrogens (tertiary/aromatic N) is 1. The Morgan fingerprint density at radius 2 is 2.25 bits per heavy atom. The van der Waals surface area contributed by atoms with Gasteiger partial charge >= 0.3 is 6.09 Å². The van der Waals surface area contributed by atoms with Crippen LogP contribution >= 0.6 is 0 Å². The summed E-state index contributed by atoms with van der Waals surface area (Å²) < 4.78 is 4.99. The molecule has 0 radical (unpaired) electrons. The van der Waals surface area contributed by atoms with E-state index in [1.807, 2.05) is 30.3 Å². The van der Waals surface area contributed by atoms with Crippen molar-refractivity contribution in [3.63, 3.8) is 0 Å². The molecule has 3 nitrogen and oxygen atoms in total. The van der Waals surface area contributed by atoms with Gasteiger partial charge in [0.2, 0.25) is 0 Å². The number of cyclic esters (lactones) is 1. The van der Waals surface area contributed by atoms with Crippen LogP contribution in [0.25, 0.3) is 0 Å². The van der Waals surface area contributed by atoms with Crippen LogP contribution in [-0.4, -0.2) is 23.6 Å². The summed E-state index contributed by atoms with van der Waals surface area (Å²) in [6.45, 7) is 3.89. The van der Waals surface area contributed by atoms with E-state index in [-0.39, 0.29) is 12.1 Å². The molecule has 2 rings (SSSR count). The van der Waals surface area contributed by atoms with Gasteiger partial charge in [0.25, 0.3) is 0 Å². The topological polar surface area (TPSA) is 29.5 Å². The molecule has 0 saturated carbocycles. The number of carbonyl (C=O) groups excluding carboxylic acids is 1. The van der Waals surface area contributed by atoms with E-state index in [1.165, 1.54) is 5.56 Å². The lowest BCUT2D eigenvalue weighted by atomic mass is 10.1. The molecule has 0 N–H and O–H groups in total. The Hall–Kier alpha value is -1.99. The molecule has 1 aliphatic heterocycles. The zero-order valence-corrected chi connectivity index (χ0v) is 8.93. The summed E-state index contributed by atoms with van der Waals surface area (Å²) in [5.74, 6) is 0. The predicted molar refractivity (Wildman–Crippen MR) is 60.8 cm³/mol. The third-order valence-corrected chi connectivity index (χ3v) is 2.55. The molecule has 1 amide bonds. The highest BCUT2D eigenvalue weighted by atomic mass is 16.6. The maximum absolute atomic E-state index is 11.4. The number of benzene rings is 1. The summed E-state index contributed by atoms with van der Waals surface area (Å²) in [4.78, 5) is 12.9. The Bertz CT molecular complexity index is 421. The van der Waals surface area contributed by atoms with Crippen LogP contribution in [0.1, 0.15) is 5.56 Å². The molecular weight excluding hydrogens is 202 g/mol. The first-order valence-electron chi connectivity index (χ1n) is 5.16. The number of amides is 1. The zero-order chi connectivity index (χ0) is 11.4. The second-order valence-corrected chi connectivity index (χ2v) is 3.66. The summed E-state index contributed by atoms with van der Waals surface area (Å²) in [5.41, 5.74) is 3.79. The Labute approximate surface area is 94.6 Å². The van der Waals surface area contributed by atoms with E-state index in [1.54, 1.807) is 11.1 Å². The summed E-state index contributed by atoms with van der Waals surface area (Å²) in [6.07, 6.45) is 2.00. The first kappa shape index (κ1) is 10.5. The van der Waals surface area contributed by atoms with Crippen molar-refractivity contribution >= 4 is 6.09 Å². The summed E-state index contributed by atoms with van der Waals surface area (Å²) in [7, 11) is 0. The van der Waals surface area contributed by atoms with Crippen molar-refractivity contribution in [2.24, 2.45) is 0 Å². The van der Waals surface area contributed by atoms with Crippen molar-refractivity contribution in [2.75, 3.05) is 6.61 Å². The van der Waals surface area contributed by atoms with Gasteiger partial charge in [0.1, 0.15) is 6.61 Å². The average molecular weight is 215 g/mol. The maximum atomic E-state index is 11.4. The predicted octanol–water partition coefficient (Wildman–Crippen LogP) is 2.35. The first-order valence-corrected chi connectivity index (χ1v) is 5.16. The lowest BCUT2D eigenvalue weighted by Gasteiger charge is -2.15. The minimum Gasteiger partial charge on any atom is -0.447 e. The molecule has 1 aliphatic rings. The van der Waals surface area contributed by atoms with Crippen LogP contribution in [0.3, 0.4) is 0 Å². The number of hydrogen-bond donors (Lipinski definition) is 0. The van der Waals surface area contributed by atoms with Gasteiger partial charge in [0.05, 0.1) is 12.2 Å². The largest absolute Gasteiger partial charge is 0.447 e. The quantitative estimate of drug-likeness (QED) is 0.724. The van der Waals surface area contributed by atoms with Gasteiger partial charge in [0.15, 0.2) is 0 Å². The highest BCUT2D eigenvalue weighted by Crippen LogP contribution is 2.17. The minimum absolute atomic E-state index is 0.0455. The zero-order valence-electron chi connectivity index (χ0n) is 8.93. The Balaban J connectivity index is 2.10. The molecule has 82 valence electrons. The van der Waals surface area contributed by atoms with Gasteiger partial charge in [-0.2, -0.15) is 0 Å². The van der Waals surface area contributed by atoms with Crippen molar-refractivity contribution < 1.29 is 9.53 Å². The molecule has 1 aromatic rings. The highest BCUT2D eigenvalue weighted by molar-refractivity contribution is 5.71. The van der Waals surface area contributed by atoms with Crippen LogP contribution < -0.4 is 0 Å². The van der Waals surface area contributed by atoms with Crippen LogP contribution in [0.15, 0.2) is 48.8 Å². The van der Waals surface area contributed by atoms with E-state index in [0.29, 0.717) is 6.61 Å². The van der Waals surface area contributed by atoms with Crippen LogP contribution in [0.4, 0.5) is 4.79 Å². The van der Waals surface area contributed by atoms with Gasteiger partial charge in [-0.15, -0.1) is 5.73 Å². The standard InChI is InChI=1S/C13H13NO2/c1-2-8-14-12(10-16-13(14)15)9-11-6-4-3-5-7-11/h3-8,12H,1,9-10H2/t12-/m1/s1. The molecule has 1 aromatic carbocycles. The molecule has 0 bridgehead atoms. The Morgan fingerprint density at radius 1 is 1.50 bits per heavy atom. The van der Waals surface area contributed by atoms with Gasteiger partial charge in [-0.3, -0.25) is 4.90 Å². The lowest BCUT2D eigenvalue weighted by Crippen LogP contribution is -2.30. The fourth-order valence-corrected chi connectivity index (χ4v) is 1.77. The molecule has 1 atom stereocenters. The van der Waals surface area contributed by atoms with E-state index in [2.05, 4.69) is 12.3 Å².